The summed E-state index contributed by atoms with van der Waals surface area (Å²) < 4.78 is 0. The van der Waals surface area contributed by atoms with Gasteiger partial charge in [-0.25, -0.2) is 0 Å². The molecular weight excluding hydrogens is 131 g/mol. The van der Waals surface area contributed by atoms with Crippen molar-refractivity contribution in [1.29, 1.82) is 0 Å². The first kappa shape index (κ1) is 11.8. The third-order valence-electron chi connectivity index (χ3n) is 0.583. The smallest absolute Gasteiger partial charge is 0.303 e. The molecule has 0 aromatic heterocycles. The standard InChI is InChI=1S/C5H10O2.K/c1-4(2)3-5(6)7;/h4H,3H2,1-2H3,(H,6,7);. The molecular formula is C5H10KO2. The fourth-order valence-electron chi connectivity index (χ4n) is 0.349. The van der Waals surface area contributed by atoms with Gasteiger partial charge in [-0.15, -0.1) is 0 Å². The molecule has 1 radical (unpaired) electrons. The summed E-state index contributed by atoms with van der Waals surface area (Å²) in [5.41, 5.74) is 0. The summed E-state index contributed by atoms with van der Waals surface area (Å²) in [5.74, 6) is -0.438. The zero-order valence-corrected chi connectivity index (χ0v) is 8.76. The molecule has 1 N–H and O–H groups in total. The largest absolute Gasteiger partial charge is 0.481 e. The Bertz CT molecular complexity index is 70.8. The topological polar surface area (TPSA) is 37.3 Å². The predicted molar refractivity (Wildman–Crippen MR) is 32.8 cm³/mol. The van der Waals surface area contributed by atoms with E-state index < -0.39 is 5.97 Å². The Kier molecular flexibility index (Phi) is 9.23. The van der Waals surface area contributed by atoms with Crippen LogP contribution in [-0.2, 0) is 4.79 Å². The van der Waals surface area contributed by atoms with Gasteiger partial charge in [0, 0.05) is 57.8 Å². The number of aliphatic carboxylic acids is 1. The Morgan fingerprint density at radius 1 is 1.62 bits per heavy atom. The molecule has 0 rings (SSSR count). The van der Waals surface area contributed by atoms with Crippen molar-refractivity contribution >= 4 is 57.4 Å². The minimum absolute atomic E-state index is 0. The van der Waals surface area contributed by atoms with Gasteiger partial charge in [-0.1, -0.05) is 13.8 Å². The van der Waals surface area contributed by atoms with Gasteiger partial charge in [-0.3, -0.25) is 4.79 Å². The van der Waals surface area contributed by atoms with Crippen molar-refractivity contribution < 1.29 is 9.90 Å². The van der Waals surface area contributed by atoms with Crippen molar-refractivity contribution in [2.75, 3.05) is 0 Å². The molecule has 0 amide bonds. The molecule has 0 aliphatic rings. The van der Waals surface area contributed by atoms with Gasteiger partial charge in [-0.2, -0.15) is 0 Å². The molecule has 0 saturated heterocycles. The summed E-state index contributed by atoms with van der Waals surface area (Å²) >= 11 is 0. The minimum atomic E-state index is -0.713. The number of hydrogen-bond acceptors (Lipinski definition) is 1. The van der Waals surface area contributed by atoms with Crippen LogP contribution < -0.4 is 0 Å². The van der Waals surface area contributed by atoms with E-state index in [0.29, 0.717) is 0 Å². The van der Waals surface area contributed by atoms with Crippen molar-refractivity contribution in [3.8, 4) is 0 Å². The Morgan fingerprint density at radius 2 is 2.00 bits per heavy atom. The van der Waals surface area contributed by atoms with Crippen LogP contribution in [0.4, 0.5) is 0 Å². The molecule has 0 atom stereocenters. The van der Waals surface area contributed by atoms with Crippen LogP contribution in [0.3, 0.4) is 0 Å². The van der Waals surface area contributed by atoms with Crippen molar-refractivity contribution in [3.63, 3.8) is 0 Å². The molecule has 0 heterocycles. The average Bonchev–Trinajstić information content (AvgIpc) is 1.27. The van der Waals surface area contributed by atoms with Crippen LogP contribution in [0.25, 0.3) is 0 Å². The van der Waals surface area contributed by atoms with E-state index in [2.05, 4.69) is 0 Å². The second-order valence-corrected chi connectivity index (χ2v) is 1.99. The third-order valence-corrected chi connectivity index (χ3v) is 0.583. The van der Waals surface area contributed by atoms with E-state index in [4.69, 9.17) is 5.11 Å². The van der Waals surface area contributed by atoms with Crippen LogP contribution in [0.5, 0.6) is 0 Å². The third kappa shape index (κ3) is 10.2. The molecule has 2 nitrogen and oxygen atoms in total. The molecule has 3 heteroatoms. The minimum Gasteiger partial charge on any atom is -0.481 e. The maximum absolute atomic E-state index is 9.81. The quantitative estimate of drug-likeness (QED) is 0.576. The number of carboxylic acid groups (broad SMARTS) is 1. The van der Waals surface area contributed by atoms with Crippen molar-refractivity contribution in [1.82, 2.24) is 0 Å². The van der Waals surface area contributed by atoms with E-state index in [1.54, 1.807) is 0 Å². The first-order chi connectivity index (χ1) is 3.13. The van der Waals surface area contributed by atoms with Crippen LogP contribution in [0, 0.1) is 5.92 Å². The maximum atomic E-state index is 9.81. The maximum Gasteiger partial charge on any atom is 0.303 e. The molecule has 0 fully saturated rings. The summed E-state index contributed by atoms with van der Waals surface area (Å²) in [6.45, 7) is 3.77. The van der Waals surface area contributed by atoms with Gasteiger partial charge in [0.05, 0.1) is 0 Å². The Morgan fingerprint density at radius 3 is 2.00 bits per heavy atom. The fourth-order valence-corrected chi connectivity index (χ4v) is 0.349. The first-order valence-electron chi connectivity index (χ1n) is 2.34. The monoisotopic (exact) mass is 141 g/mol. The molecule has 0 aromatic rings. The van der Waals surface area contributed by atoms with Crippen LogP contribution >= 0.6 is 0 Å². The van der Waals surface area contributed by atoms with Gasteiger partial charge < -0.3 is 5.11 Å². The second kappa shape index (κ2) is 6.23. The predicted octanol–water partition coefficient (Wildman–Crippen LogP) is 0.736. The molecule has 0 aliphatic carbocycles. The van der Waals surface area contributed by atoms with Gasteiger partial charge in [0.15, 0.2) is 0 Å². The molecule has 0 saturated carbocycles. The van der Waals surface area contributed by atoms with Gasteiger partial charge >= 0.3 is 5.97 Å². The second-order valence-electron chi connectivity index (χ2n) is 1.99. The van der Waals surface area contributed by atoms with Crippen LogP contribution in [0.1, 0.15) is 20.3 Å². The summed E-state index contributed by atoms with van der Waals surface area (Å²) in [5, 5.41) is 8.08. The Balaban J connectivity index is 0. The van der Waals surface area contributed by atoms with Crippen molar-refractivity contribution in [2.24, 2.45) is 5.92 Å². The normalized spacial score (nSPS) is 8.38. The van der Waals surface area contributed by atoms with Crippen molar-refractivity contribution in [3.05, 3.63) is 0 Å². The molecule has 8 heavy (non-hydrogen) atoms. The van der Waals surface area contributed by atoms with Gasteiger partial charge in [-0.05, 0) is 5.92 Å². The number of carboxylic acids is 1. The van der Waals surface area contributed by atoms with Gasteiger partial charge in [0.1, 0.15) is 0 Å². The average molecular weight is 141 g/mol. The number of rotatable bonds is 2. The van der Waals surface area contributed by atoms with Crippen LogP contribution in [-0.4, -0.2) is 62.5 Å². The first-order valence-corrected chi connectivity index (χ1v) is 2.34. The molecule has 0 spiro atoms. The Labute approximate surface area is 92.1 Å². The number of carbonyl (C=O) groups is 1. The SMILES string of the molecule is CC(C)CC(=O)O.[K]. The summed E-state index contributed by atoms with van der Waals surface area (Å²) in [4.78, 5) is 9.81. The summed E-state index contributed by atoms with van der Waals surface area (Å²) in [6.07, 6.45) is 0.278. The van der Waals surface area contributed by atoms with E-state index in [9.17, 15) is 4.79 Å². The zero-order chi connectivity index (χ0) is 5.86. The van der Waals surface area contributed by atoms with E-state index in [0.717, 1.165) is 0 Å². The van der Waals surface area contributed by atoms with Crippen LogP contribution in [0.15, 0.2) is 0 Å². The van der Waals surface area contributed by atoms with E-state index in [-0.39, 0.29) is 63.7 Å². The van der Waals surface area contributed by atoms with E-state index >= 15 is 0 Å². The number of hydrogen-bond donors (Lipinski definition) is 1. The van der Waals surface area contributed by atoms with Crippen molar-refractivity contribution in [2.45, 2.75) is 20.3 Å². The van der Waals surface area contributed by atoms with Gasteiger partial charge in [0.25, 0.3) is 0 Å². The van der Waals surface area contributed by atoms with E-state index in [1.165, 1.54) is 0 Å². The summed E-state index contributed by atoms with van der Waals surface area (Å²) in [6, 6.07) is 0. The van der Waals surface area contributed by atoms with E-state index in [1.807, 2.05) is 13.8 Å². The molecule has 0 aliphatic heterocycles. The van der Waals surface area contributed by atoms with Gasteiger partial charge in [0.2, 0.25) is 0 Å². The Hall–Kier alpha value is 1.11. The van der Waals surface area contributed by atoms with Crippen LogP contribution in [0.2, 0.25) is 0 Å². The fraction of sp³-hybridized carbons (Fsp3) is 0.800. The molecule has 0 aromatic carbocycles. The molecule has 43 valence electrons. The summed E-state index contributed by atoms with van der Waals surface area (Å²) in [7, 11) is 0. The zero-order valence-electron chi connectivity index (χ0n) is 5.64. The molecule has 0 unspecified atom stereocenters. The molecule has 0 bridgehead atoms.